The van der Waals surface area contributed by atoms with Gasteiger partial charge >= 0.3 is 0 Å². The van der Waals surface area contributed by atoms with Gasteiger partial charge in [0.25, 0.3) is 10.4 Å². The molecule has 2 N–H and O–H groups in total. The van der Waals surface area contributed by atoms with E-state index in [1.54, 1.807) is 0 Å². The van der Waals surface area contributed by atoms with Crippen LogP contribution in [0.4, 0.5) is 4.79 Å². The zero-order valence-electron chi connectivity index (χ0n) is 15.2. The van der Waals surface area contributed by atoms with Gasteiger partial charge in [0, 0.05) is 23.6 Å². The molecule has 0 aliphatic carbocycles. The van der Waals surface area contributed by atoms with E-state index in [1.165, 1.54) is 0 Å². The summed E-state index contributed by atoms with van der Waals surface area (Å²) >= 11 is 8.41. The maximum atomic E-state index is 11.1. The molecule has 146 valence electrons. The smallest absolute Gasteiger partial charge is 0.273 e. The van der Waals surface area contributed by atoms with Gasteiger partial charge in [-0.05, 0) is 36.8 Å². The zero-order chi connectivity index (χ0) is 20.4. The van der Waals surface area contributed by atoms with Crippen molar-refractivity contribution in [1.82, 2.24) is 4.90 Å². The lowest BCUT2D eigenvalue weighted by molar-refractivity contribution is -0.490. The molecule has 0 bridgehead atoms. The highest BCUT2D eigenvalue weighted by molar-refractivity contribution is 7.96. The number of rotatable bonds is 6. The first-order chi connectivity index (χ1) is 12.8. The minimum atomic E-state index is -0.704. The van der Waals surface area contributed by atoms with E-state index in [2.05, 4.69) is 18.4 Å². The number of thiocarbonyl (C=S) groups is 1. The molecule has 0 aliphatic rings. The highest BCUT2D eigenvalue weighted by Crippen LogP contribution is 2.27. The molecule has 0 spiro atoms. The Bertz CT molecular complexity index is 788. The number of nitrogens with two attached hydrogens (primary N) is 1. The quantitative estimate of drug-likeness (QED) is 0.326. The third-order valence-corrected chi connectivity index (χ3v) is 4.10. The summed E-state index contributed by atoms with van der Waals surface area (Å²) in [6, 6.07) is 13.5. The number of carbonyl (C=O) groups is 1. The number of hydrogen-bond donors (Lipinski definition) is 2. The molecule has 0 aromatic heterocycles. The average Bonchev–Trinajstić information content (AvgIpc) is 2.61. The number of hydrogen-bond acceptors (Lipinski definition) is 5. The van der Waals surface area contributed by atoms with E-state index in [9.17, 15) is 10.1 Å². The summed E-state index contributed by atoms with van der Waals surface area (Å²) < 4.78 is 5.82. The Morgan fingerprint density at radius 1 is 1.26 bits per heavy atom. The fourth-order valence-electron chi connectivity index (χ4n) is 2.54. The van der Waals surface area contributed by atoms with Crippen molar-refractivity contribution in [2.24, 2.45) is 5.73 Å². The fraction of sp³-hybridized carbons (Fsp3) is 0.333. The van der Waals surface area contributed by atoms with E-state index in [0.717, 1.165) is 16.3 Å². The summed E-state index contributed by atoms with van der Waals surface area (Å²) in [6.07, 6.45) is -0.704. The minimum absolute atomic E-state index is 0.301. The summed E-state index contributed by atoms with van der Waals surface area (Å²) in [5.41, 5.74) is 5.12. The van der Waals surface area contributed by atoms with Crippen molar-refractivity contribution in [2.75, 3.05) is 19.6 Å². The van der Waals surface area contributed by atoms with E-state index in [-0.39, 0.29) is 11.5 Å². The molecule has 1 atom stereocenters. The monoisotopic (exact) mass is 409 g/mol. The molecule has 0 heterocycles. The Morgan fingerprint density at radius 2 is 1.81 bits per heavy atom. The summed E-state index contributed by atoms with van der Waals surface area (Å²) in [6.45, 7) is 5.03. The molecular weight excluding hydrogens is 386 g/mol. The number of carbonyl (C=O) groups excluding carboxylic acids is 1. The van der Waals surface area contributed by atoms with Gasteiger partial charge in [-0.15, -0.1) is 0 Å². The standard InChI is InChI=1S/C17H20N2O3S.CH3NOS/c1-3-18(4-2)17(23)22-16(12-19(20)21)15-11-7-9-13-8-5-6-10-14(13)15;2-1(3)4/h5-11,16H,3-4,12H2,1-2H3;(H3,2,3,4). The maximum Gasteiger partial charge on any atom is 0.273 e. The molecule has 27 heavy (non-hydrogen) atoms. The van der Waals surface area contributed by atoms with Gasteiger partial charge < -0.3 is 15.4 Å². The van der Waals surface area contributed by atoms with E-state index < -0.39 is 11.3 Å². The van der Waals surface area contributed by atoms with Crippen LogP contribution in [0, 0.1) is 10.1 Å². The number of benzene rings is 2. The number of thiol groups is 1. The van der Waals surface area contributed by atoms with Gasteiger partial charge in [0.1, 0.15) is 0 Å². The number of amides is 1. The Kier molecular flexibility index (Phi) is 9.52. The lowest BCUT2D eigenvalue weighted by Crippen LogP contribution is -2.33. The number of nitro groups is 1. The predicted octanol–water partition coefficient (Wildman–Crippen LogP) is 3.80. The first kappa shape index (κ1) is 22.7. The van der Waals surface area contributed by atoms with Crippen LogP contribution >= 0.6 is 24.8 Å². The van der Waals surface area contributed by atoms with Crippen molar-refractivity contribution in [1.29, 1.82) is 0 Å². The van der Waals surface area contributed by atoms with Crippen LogP contribution in [0.1, 0.15) is 25.5 Å². The molecule has 2 aromatic rings. The van der Waals surface area contributed by atoms with Gasteiger partial charge in [0.15, 0.2) is 6.10 Å². The van der Waals surface area contributed by atoms with E-state index >= 15 is 0 Å². The second-order valence-corrected chi connectivity index (χ2v) is 6.26. The van der Waals surface area contributed by atoms with Crippen molar-refractivity contribution >= 4 is 46.0 Å². The molecular formula is C18H23N3O4S2. The van der Waals surface area contributed by atoms with Crippen LogP contribution in [-0.2, 0) is 4.74 Å². The van der Waals surface area contributed by atoms with Gasteiger partial charge in [-0.3, -0.25) is 14.9 Å². The highest BCUT2D eigenvalue weighted by atomic mass is 32.1. The molecule has 7 nitrogen and oxygen atoms in total. The number of nitrogens with zero attached hydrogens (tertiary/aromatic N) is 2. The van der Waals surface area contributed by atoms with Crippen LogP contribution in [0.3, 0.4) is 0 Å². The van der Waals surface area contributed by atoms with E-state index in [1.807, 2.05) is 61.2 Å². The third-order valence-electron chi connectivity index (χ3n) is 3.75. The molecule has 1 amide bonds. The Balaban J connectivity index is 0.000000828. The normalized spacial score (nSPS) is 11.1. The third kappa shape index (κ3) is 7.40. The second kappa shape index (κ2) is 11.3. The fourth-order valence-corrected chi connectivity index (χ4v) is 2.92. The van der Waals surface area contributed by atoms with Crippen molar-refractivity contribution in [3.63, 3.8) is 0 Å². The van der Waals surface area contributed by atoms with Crippen LogP contribution in [0.2, 0.25) is 0 Å². The lowest BCUT2D eigenvalue weighted by atomic mass is 10.0. The molecule has 1 unspecified atom stereocenters. The molecule has 0 radical (unpaired) electrons. The Morgan fingerprint density at radius 3 is 2.37 bits per heavy atom. The largest absolute Gasteiger partial charge is 0.456 e. The topological polar surface area (TPSA) is 98.7 Å². The second-order valence-electron chi connectivity index (χ2n) is 5.47. The van der Waals surface area contributed by atoms with Gasteiger partial charge in [-0.1, -0.05) is 55.1 Å². The first-order valence-corrected chi connectivity index (χ1v) is 9.19. The van der Waals surface area contributed by atoms with Gasteiger partial charge in [-0.25, -0.2) is 0 Å². The van der Waals surface area contributed by atoms with E-state index in [0.29, 0.717) is 18.3 Å². The first-order valence-electron chi connectivity index (χ1n) is 8.33. The summed E-state index contributed by atoms with van der Waals surface area (Å²) in [7, 11) is 0. The van der Waals surface area contributed by atoms with Crippen LogP contribution in [0.25, 0.3) is 10.8 Å². The molecule has 0 saturated carbocycles. The van der Waals surface area contributed by atoms with Gasteiger partial charge in [0.05, 0.1) is 0 Å². The van der Waals surface area contributed by atoms with Crippen molar-refractivity contribution in [2.45, 2.75) is 20.0 Å². The highest BCUT2D eigenvalue weighted by Gasteiger charge is 2.24. The van der Waals surface area contributed by atoms with Crippen LogP contribution in [0.15, 0.2) is 42.5 Å². The zero-order valence-corrected chi connectivity index (χ0v) is 16.9. The van der Waals surface area contributed by atoms with Crippen LogP contribution < -0.4 is 5.73 Å². The van der Waals surface area contributed by atoms with Crippen LogP contribution in [-0.4, -0.2) is 39.9 Å². The average molecular weight is 410 g/mol. The predicted molar refractivity (Wildman–Crippen MR) is 114 cm³/mol. The number of fused-ring (bicyclic) bond motifs is 1. The summed E-state index contributed by atoms with van der Waals surface area (Å²) in [5, 5.41) is 12.7. The molecule has 2 rings (SSSR count). The molecule has 0 saturated heterocycles. The summed E-state index contributed by atoms with van der Waals surface area (Å²) in [5.74, 6) is 0. The number of primary amides is 1. The molecule has 2 aromatic carbocycles. The van der Waals surface area contributed by atoms with Crippen LogP contribution in [0.5, 0.6) is 0 Å². The Hall–Kier alpha value is -2.39. The Labute approximate surface area is 169 Å². The van der Waals surface area contributed by atoms with E-state index in [4.69, 9.17) is 21.7 Å². The lowest BCUT2D eigenvalue weighted by Gasteiger charge is -2.25. The molecule has 0 aliphatic heterocycles. The SMILES string of the molecule is CCN(CC)C(=S)OC(C[N+](=O)[O-])c1cccc2ccccc12.NC(=O)S. The molecule has 9 heteroatoms. The van der Waals surface area contributed by atoms with Crippen molar-refractivity contribution < 1.29 is 14.5 Å². The van der Waals surface area contributed by atoms with Gasteiger partial charge in [-0.2, -0.15) is 0 Å². The maximum absolute atomic E-state index is 11.1. The summed E-state index contributed by atoms with van der Waals surface area (Å²) in [4.78, 5) is 21.7. The number of ether oxygens (including phenoxy) is 1. The van der Waals surface area contributed by atoms with Gasteiger partial charge in [0.2, 0.25) is 6.54 Å². The van der Waals surface area contributed by atoms with Crippen molar-refractivity contribution in [3.05, 3.63) is 58.1 Å². The molecule has 0 fully saturated rings. The minimum Gasteiger partial charge on any atom is -0.456 e. The van der Waals surface area contributed by atoms with Crippen molar-refractivity contribution in [3.8, 4) is 0 Å².